The monoisotopic (exact) mass is 474 g/mol. The number of pyridine rings is 1. The highest BCUT2D eigenvalue weighted by Gasteiger charge is 2.16. The van der Waals surface area contributed by atoms with Crippen molar-refractivity contribution in [2.24, 2.45) is 0 Å². The molecular weight excluding hydrogens is 448 g/mol. The van der Waals surface area contributed by atoms with Crippen molar-refractivity contribution < 1.29 is 0 Å². The third kappa shape index (κ3) is 4.96. The molecule has 9 heteroatoms. The minimum Gasteiger partial charge on any atom is -0.373 e. The van der Waals surface area contributed by atoms with Crippen LogP contribution < -0.4 is 10.2 Å². The Morgan fingerprint density at radius 2 is 1.85 bits per heavy atom. The fraction of sp³-hybridized carbons (Fsp3) is 0.280. The van der Waals surface area contributed by atoms with Gasteiger partial charge in [-0.25, -0.2) is 15.0 Å². The number of benzene rings is 1. The summed E-state index contributed by atoms with van der Waals surface area (Å²) in [6, 6.07) is 14.2. The zero-order valence-corrected chi connectivity index (χ0v) is 20.5. The second-order valence-corrected chi connectivity index (χ2v) is 8.85. The van der Waals surface area contributed by atoms with Crippen LogP contribution in [0.2, 0.25) is 5.02 Å². The highest BCUT2D eigenvalue weighted by Crippen LogP contribution is 2.27. The van der Waals surface area contributed by atoms with E-state index in [9.17, 15) is 5.26 Å². The van der Waals surface area contributed by atoms with Gasteiger partial charge in [-0.3, -0.25) is 4.40 Å². The number of nitriles is 1. The number of fused-ring (bicyclic) bond motifs is 1. The fourth-order valence-electron chi connectivity index (χ4n) is 3.65. The molecule has 0 saturated carbocycles. The number of halogens is 1. The van der Waals surface area contributed by atoms with Crippen molar-refractivity contribution in [2.45, 2.75) is 13.0 Å². The number of likely N-dealkylation sites (N-methyl/N-ethyl adjacent to an activating group) is 2. The number of anilines is 2. The number of nitrogens with zero attached hydrogens (tertiary/aromatic N) is 7. The van der Waals surface area contributed by atoms with Crippen LogP contribution in [0.15, 0.2) is 55.0 Å². The summed E-state index contributed by atoms with van der Waals surface area (Å²) in [5, 5.41) is 13.5. The van der Waals surface area contributed by atoms with E-state index in [0.717, 1.165) is 18.7 Å². The molecule has 4 aromatic rings. The van der Waals surface area contributed by atoms with Gasteiger partial charge in [0.25, 0.3) is 0 Å². The van der Waals surface area contributed by atoms with Gasteiger partial charge in [0.1, 0.15) is 11.8 Å². The first-order chi connectivity index (χ1) is 16.4. The van der Waals surface area contributed by atoms with E-state index in [1.165, 1.54) is 11.9 Å². The van der Waals surface area contributed by atoms with Gasteiger partial charge in [0.2, 0.25) is 5.95 Å². The van der Waals surface area contributed by atoms with Crippen LogP contribution in [0.1, 0.15) is 24.1 Å². The lowest BCUT2D eigenvalue weighted by atomic mass is 10.1. The van der Waals surface area contributed by atoms with Gasteiger partial charge in [0.15, 0.2) is 5.65 Å². The van der Waals surface area contributed by atoms with Crippen LogP contribution in [-0.4, -0.2) is 58.5 Å². The third-order valence-electron chi connectivity index (χ3n) is 5.70. The van der Waals surface area contributed by atoms with Crippen molar-refractivity contribution in [3.05, 3.63) is 71.1 Å². The highest BCUT2D eigenvalue weighted by molar-refractivity contribution is 6.33. The first-order valence-corrected chi connectivity index (χ1v) is 11.4. The zero-order valence-electron chi connectivity index (χ0n) is 19.7. The predicted octanol–water partition coefficient (Wildman–Crippen LogP) is 4.49. The average molecular weight is 475 g/mol. The van der Waals surface area contributed by atoms with E-state index < -0.39 is 0 Å². The fourth-order valence-corrected chi connectivity index (χ4v) is 3.87. The molecule has 174 valence electrons. The average Bonchev–Trinajstić information content (AvgIpc) is 3.28. The molecule has 0 radical (unpaired) electrons. The standard InChI is InChI=1S/C25H27ClN8/c1-17(18-7-9-20(10-8-18)33(4)13-12-32(2)3)30-25-29-15-19(14-27)23(31-25)22-16-28-24-21(26)6-5-11-34(22)24/h5-11,15-17H,12-13H2,1-4H3,(H,29,30,31)/t17-/m0/s1. The Morgan fingerprint density at radius 1 is 1.09 bits per heavy atom. The Morgan fingerprint density at radius 3 is 2.56 bits per heavy atom. The summed E-state index contributed by atoms with van der Waals surface area (Å²) in [6.45, 7) is 4.00. The topological polar surface area (TPSA) is 85.4 Å². The number of hydrogen-bond acceptors (Lipinski definition) is 7. The number of nitrogens with one attached hydrogen (secondary N) is 1. The minimum absolute atomic E-state index is 0.0291. The van der Waals surface area contributed by atoms with Gasteiger partial charge in [0, 0.05) is 32.0 Å². The Kier molecular flexibility index (Phi) is 6.96. The van der Waals surface area contributed by atoms with Gasteiger partial charge >= 0.3 is 0 Å². The summed E-state index contributed by atoms with van der Waals surface area (Å²) in [7, 11) is 6.25. The van der Waals surface area contributed by atoms with Crippen molar-refractivity contribution >= 4 is 28.9 Å². The number of imidazole rings is 1. The SMILES string of the molecule is C[C@H](Nc1ncc(C#N)c(-c2cnc3c(Cl)cccn23)n1)c1ccc(N(C)CCN(C)C)cc1. The van der Waals surface area contributed by atoms with E-state index in [-0.39, 0.29) is 6.04 Å². The van der Waals surface area contributed by atoms with Crippen LogP contribution in [0.25, 0.3) is 17.0 Å². The van der Waals surface area contributed by atoms with Crippen LogP contribution in [0.3, 0.4) is 0 Å². The van der Waals surface area contributed by atoms with Crippen LogP contribution >= 0.6 is 11.6 Å². The van der Waals surface area contributed by atoms with E-state index in [1.54, 1.807) is 12.3 Å². The molecule has 1 atom stereocenters. The summed E-state index contributed by atoms with van der Waals surface area (Å²) in [5.74, 6) is 0.436. The third-order valence-corrected chi connectivity index (χ3v) is 6.00. The summed E-state index contributed by atoms with van der Waals surface area (Å²) in [6.07, 6.45) is 5.05. The second-order valence-electron chi connectivity index (χ2n) is 8.44. The van der Waals surface area contributed by atoms with E-state index in [2.05, 4.69) is 88.5 Å². The minimum atomic E-state index is -0.0291. The smallest absolute Gasteiger partial charge is 0.223 e. The lowest BCUT2D eigenvalue weighted by molar-refractivity contribution is 0.416. The second kappa shape index (κ2) is 10.1. The maximum Gasteiger partial charge on any atom is 0.223 e. The maximum atomic E-state index is 9.62. The van der Waals surface area contributed by atoms with E-state index in [1.807, 2.05) is 16.7 Å². The van der Waals surface area contributed by atoms with E-state index >= 15 is 0 Å². The number of aromatic nitrogens is 4. The van der Waals surface area contributed by atoms with Gasteiger partial charge < -0.3 is 15.1 Å². The van der Waals surface area contributed by atoms with Gasteiger partial charge in [-0.2, -0.15) is 5.26 Å². The van der Waals surface area contributed by atoms with Crippen molar-refractivity contribution in [1.82, 2.24) is 24.3 Å². The summed E-state index contributed by atoms with van der Waals surface area (Å²) in [4.78, 5) is 17.8. The molecule has 0 bridgehead atoms. The van der Waals surface area contributed by atoms with E-state index in [0.29, 0.717) is 33.6 Å². The van der Waals surface area contributed by atoms with Crippen LogP contribution in [0, 0.1) is 11.3 Å². The Hall–Kier alpha value is -3.67. The van der Waals surface area contributed by atoms with Crippen molar-refractivity contribution in [2.75, 3.05) is 44.4 Å². The molecule has 0 aliphatic carbocycles. The molecule has 34 heavy (non-hydrogen) atoms. The van der Waals surface area contributed by atoms with Crippen molar-refractivity contribution in [1.29, 1.82) is 5.26 Å². The molecule has 3 aromatic heterocycles. The summed E-state index contributed by atoms with van der Waals surface area (Å²) < 4.78 is 1.82. The molecule has 0 spiro atoms. The quantitative estimate of drug-likeness (QED) is 0.402. The first kappa shape index (κ1) is 23.5. The maximum absolute atomic E-state index is 9.62. The van der Waals surface area contributed by atoms with Gasteiger partial charge in [0.05, 0.1) is 34.7 Å². The van der Waals surface area contributed by atoms with Crippen molar-refractivity contribution in [3.8, 4) is 17.5 Å². The van der Waals surface area contributed by atoms with Gasteiger partial charge in [-0.15, -0.1) is 0 Å². The molecule has 8 nitrogen and oxygen atoms in total. The number of hydrogen-bond donors (Lipinski definition) is 1. The summed E-state index contributed by atoms with van der Waals surface area (Å²) in [5.41, 5.74) is 4.43. The first-order valence-electron chi connectivity index (χ1n) is 11.0. The lowest BCUT2D eigenvalue weighted by Gasteiger charge is -2.22. The Bertz CT molecular complexity index is 1320. The largest absolute Gasteiger partial charge is 0.373 e. The van der Waals surface area contributed by atoms with Crippen LogP contribution in [-0.2, 0) is 0 Å². The van der Waals surface area contributed by atoms with Gasteiger partial charge in [-0.05, 0) is 50.8 Å². The zero-order chi connectivity index (χ0) is 24.2. The lowest BCUT2D eigenvalue weighted by Crippen LogP contribution is -2.28. The predicted molar refractivity (Wildman–Crippen MR) is 136 cm³/mol. The molecule has 1 N–H and O–H groups in total. The molecule has 4 rings (SSSR count). The molecule has 1 aromatic carbocycles. The van der Waals surface area contributed by atoms with Crippen LogP contribution in [0.5, 0.6) is 0 Å². The molecule has 3 heterocycles. The van der Waals surface area contributed by atoms with Gasteiger partial charge in [-0.1, -0.05) is 23.7 Å². The highest BCUT2D eigenvalue weighted by atomic mass is 35.5. The molecule has 0 unspecified atom stereocenters. The summed E-state index contributed by atoms with van der Waals surface area (Å²) >= 11 is 6.26. The molecule has 0 amide bonds. The van der Waals surface area contributed by atoms with Crippen molar-refractivity contribution in [3.63, 3.8) is 0 Å². The molecule has 0 aliphatic rings. The Labute approximate surface area is 204 Å². The normalized spacial score (nSPS) is 12.0. The van der Waals surface area contributed by atoms with E-state index in [4.69, 9.17) is 11.6 Å². The molecular formula is C25H27ClN8. The Balaban J connectivity index is 1.55. The molecule has 0 aliphatic heterocycles. The molecule has 0 saturated heterocycles. The van der Waals surface area contributed by atoms with Crippen LogP contribution in [0.4, 0.5) is 11.6 Å². The number of rotatable bonds is 8. The molecule has 0 fully saturated rings.